The van der Waals surface area contributed by atoms with Crippen LogP contribution in [-0.4, -0.2) is 30.8 Å². The van der Waals surface area contributed by atoms with Crippen molar-refractivity contribution >= 4 is 5.97 Å². The Morgan fingerprint density at radius 3 is 2.68 bits per heavy atom. The molecule has 2 rings (SSSR count). The summed E-state index contributed by atoms with van der Waals surface area (Å²) in [6, 6.07) is 1.30. The van der Waals surface area contributed by atoms with Crippen molar-refractivity contribution in [1.29, 1.82) is 0 Å². The second kappa shape index (κ2) is 4.68. The topological polar surface area (TPSA) is 101 Å². The molecule has 0 saturated heterocycles. The summed E-state index contributed by atoms with van der Waals surface area (Å²) in [4.78, 5) is 29.5. The van der Waals surface area contributed by atoms with Crippen molar-refractivity contribution in [3.8, 4) is 5.82 Å². The number of nitrogens with zero attached hydrogens (tertiary/aromatic N) is 3. The van der Waals surface area contributed by atoms with E-state index >= 15 is 0 Å². The van der Waals surface area contributed by atoms with E-state index in [1.807, 2.05) is 6.92 Å². The fourth-order valence-electron chi connectivity index (χ4n) is 1.95. The monoisotopic (exact) mass is 262 g/mol. The van der Waals surface area contributed by atoms with Crippen LogP contribution < -0.4 is 5.56 Å². The Balaban J connectivity index is 2.66. The predicted octanol–water partition coefficient (Wildman–Crippen LogP) is 0.833. The first-order valence-corrected chi connectivity index (χ1v) is 5.84. The van der Waals surface area contributed by atoms with Gasteiger partial charge in [0.1, 0.15) is 11.4 Å². The Labute approximate surface area is 108 Å². The first kappa shape index (κ1) is 13.0. The number of carbonyl (C=O) groups is 1. The molecule has 0 aliphatic carbocycles. The van der Waals surface area contributed by atoms with Crippen LogP contribution >= 0.6 is 0 Å². The van der Waals surface area contributed by atoms with E-state index in [9.17, 15) is 9.59 Å². The van der Waals surface area contributed by atoms with E-state index in [-0.39, 0.29) is 11.1 Å². The van der Waals surface area contributed by atoms with Crippen LogP contribution in [0.4, 0.5) is 0 Å². The van der Waals surface area contributed by atoms with Gasteiger partial charge in [-0.15, -0.1) is 0 Å². The highest BCUT2D eigenvalue weighted by atomic mass is 16.4. The van der Waals surface area contributed by atoms with E-state index in [0.717, 1.165) is 0 Å². The maximum Gasteiger partial charge on any atom is 0.339 e. The van der Waals surface area contributed by atoms with Crippen LogP contribution in [0.5, 0.6) is 0 Å². The van der Waals surface area contributed by atoms with Gasteiger partial charge in [0.2, 0.25) is 0 Å². The van der Waals surface area contributed by atoms with Crippen molar-refractivity contribution in [3.63, 3.8) is 0 Å². The minimum absolute atomic E-state index is 0.139. The smallest absolute Gasteiger partial charge is 0.339 e. The van der Waals surface area contributed by atoms with E-state index in [2.05, 4.69) is 15.1 Å². The van der Waals surface area contributed by atoms with E-state index < -0.39 is 5.97 Å². The lowest BCUT2D eigenvalue weighted by atomic mass is 10.2. The predicted molar refractivity (Wildman–Crippen MR) is 67.8 cm³/mol. The molecular weight excluding hydrogens is 248 g/mol. The van der Waals surface area contributed by atoms with Crippen LogP contribution in [-0.2, 0) is 6.42 Å². The van der Waals surface area contributed by atoms with Crippen molar-refractivity contribution in [2.24, 2.45) is 0 Å². The molecule has 0 radical (unpaired) electrons. The Bertz CT molecular complexity index is 699. The van der Waals surface area contributed by atoms with Crippen molar-refractivity contribution in [3.05, 3.63) is 39.2 Å². The average molecular weight is 262 g/mol. The molecule has 0 aromatic carbocycles. The average Bonchev–Trinajstić information content (AvgIpc) is 2.63. The van der Waals surface area contributed by atoms with Crippen molar-refractivity contribution in [2.75, 3.05) is 0 Å². The summed E-state index contributed by atoms with van der Waals surface area (Å²) in [6.45, 7) is 5.12. The molecule has 2 aromatic rings. The molecule has 7 nitrogen and oxygen atoms in total. The molecule has 0 amide bonds. The third-order valence-electron chi connectivity index (χ3n) is 2.83. The Morgan fingerprint density at radius 2 is 2.16 bits per heavy atom. The van der Waals surface area contributed by atoms with Gasteiger partial charge < -0.3 is 10.1 Å². The molecule has 19 heavy (non-hydrogen) atoms. The van der Waals surface area contributed by atoms with Gasteiger partial charge in [-0.1, -0.05) is 6.92 Å². The van der Waals surface area contributed by atoms with Crippen molar-refractivity contribution in [2.45, 2.75) is 27.2 Å². The first-order valence-electron chi connectivity index (χ1n) is 5.84. The number of carboxylic acids is 1. The zero-order valence-corrected chi connectivity index (χ0v) is 10.9. The molecule has 0 fully saturated rings. The lowest BCUT2D eigenvalue weighted by Crippen LogP contribution is -2.15. The summed E-state index contributed by atoms with van der Waals surface area (Å²) < 4.78 is 1.38. The van der Waals surface area contributed by atoms with Crippen LogP contribution in [0.2, 0.25) is 0 Å². The van der Waals surface area contributed by atoms with Crippen LogP contribution in [0.25, 0.3) is 5.82 Å². The minimum Gasteiger partial charge on any atom is -0.478 e. The van der Waals surface area contributed by atoms with E-state index in [0.29, 0.717) is 29.5 Å². The lowest BCUT2D eigenvalue weighted by Gasteiger charge is -2.04. The number of aryl methyl sites for hydroxylation is 2. The fraction of sp³-hybridized carbons (Fsp3) is 0.333. The molecule has 2 heterocycles. The van der Waals surface area contributed by atoms with Gasteiger partial charge >= 0.3 is 5.97 Å². The third-order valence-corrected chi connectivity index (χ3v) is 2.83. The zero-order valence-electron chi connectivity index (χ0n) is 10.9. The molecule has 0 spiro atoms. The molecule has 0 saturated carbocycles. The van der Waals surface area contributed by atoms with Gasteiger partial charge in [0.15, 0.2) is 5.82 Å². The standard InChI is InChI=1S/C12H14N4O3/c1-4-8-13-9(5-10(17)14-8)16-7(3)11(12(18)19)6(2)15-16/h5H,4H2,1-3H3,(H,18,19)(H,13,14,17). The van der Waals surface area contributed by atoms with Gasteiger partial charge in [0.25, 0.3) is 5.56 Å². The normalized spacial score (nSPS) is 10.7. The van der Waals surface area contributed by atoms with Gasteiger partial charge in [-0.2, -0.15) is 5.10 Å². The van der Waals surface area contributed by atoms with Crippen LogP contribution in [0.3, 0.4) is 0 Å². The Kier molecular flexibility index (Phi) is 3.20. The molecule has 0 bridgehead atoms. The number of carboxylic acid groups (broad SMARTS) is 1. The number of aromatic nitrogens is 4. The highest BCUT2D eigenvalue weighted by Gasteiger charge is 2.19. The molecule has 0 atom stereocenters. The number of aromatic carboxylic acids is 1. The quantitative estimate of drug-likeness (QED) is 0.853. The first-order chi connectivity index (χ1) is 8.93. The summed E-state index contributed by atoms with van der Waals surface area (Å²) in [5, 5.41) is 13.3. The minimum atomic E-state index is -1.04. The summed E-state index contributed by atoms with van der Waals surface area (Å²) in [7, 11) is 0. The van der Waals surface area contributed by atoms with Crippen molar-refractivity contribution in [1.82, 2.24) is 19.7 Å². The Morgan fingerprint density at radius 1 is 1.47 bits per heavy atom. The van der Waals surface area contributed by atoms with Gasteiger partial charge in [0, 0.05) is 12.5 Å². The second-order valence-corrected chi connectivity index (χ2v) is 4.17. The van der Waals surface area contributed by atoms with Gasteiger partial charge in [0.05, 0.1) is 11.4 Å². The number of rotatable bonds is 3. The third kappa shape index (κ3) is 2.26. The largest absolute Gasteiger partial charge is 0.478 e. The number of aromatic amines is 1. The molecule has 100 valence electrons. The van der Waals surface area contributed by atoms with Crippen LogP contribution in [0.1, 0.15) is 34.5 Å². The van der Waals surface area contributed by atoms with Crippen molar-refractivity contribution < 1.29 is 9.90 Å². The highest BCUT2D eigenvalue weighted by Crippen LogP contribution is 2.15. The van der Waals surface area contributed by atoms with E-state index in [1.54, 1.807) is 13.8 Å². The van der Waals surface area contributed by atoms with E-state index in [4.69, 9.17) is 5.11 Å². The van der Waals surface area contributed by atoms with Crippen LogP contribution in [0, 0.1) is 13.8 Å². The zero-order chi connectivity index (χ0) is 14.2. The maximum atomic E-state index is 11.5. The molecule has 0 unspecified atom stereocenters. The molecule has 2 aromatic heterocycles. The number of hydrogen-bond donors (Lipinski definition) is 2. The van der Waals surface area contributed by atoms with Crippen LogP contribution in [0.15, 0.2) is 10.9 Å². The maximum absolute atomic E-state index is 11.5. The number of hydrogen-bond acceptors (Lipinski definition) is 4. The molecular formula is C12H14N4O3. The SMILES string of the molecule is CCc1nc(-n2nc(C)c(C(=O)O)c2C)cc(=O)[nH]1. The fourth-order valence-corrected chi connectivity index (χ4v) is 1.95. The van der Waals surface area contributed by atoms with Gasteiger partial charge in [-0.25, -0.2) is 14.5 Å². The van der Waals surface area contributed by atoms with Gasteiger partial charge in [-0.3, -0.25) is 4.79 Å². The van der Waals surface area contributed by atoms with Gasteiger partial charge in [-0.05, 0) is 13.8 Å². The highest BCUT2D eigenvalue weighted by molar-refractivity contribution is 5.90. The summed E-state index contributed by atoms with van der Waals surface area (Å²) in [6.07, 6.45) is 0.578. The van der Waals surface area contributed by atoms with E-state index in [1.165, 1.54) is 10.7 Å². The number of H-pyrrole nitrogens is 1. The molecule has 0 aliphatic heterocycles. The summed E-state index contributed by atoms with van der Waals surface area (Å²) in [5.74, 6) is -0.178. The molecule has 2 N–H and O–H groups in total. The Hall–Kier alpha value is -2.44. The molecule has 7 heteroatoms. The second-order valence-electron chi connectivity index (χ2n) is 4.17. The molecule has 0 aliphatic rings. The lowest BCUT2D eigenvalue weighted by molar-refractivity contribution is 0.0695. The number of nitrogens with one attached hydrogen (secondary N) is 1. The summed E-state index contributed by atoms with van der Waals surface area (Å²) >= 11 is 0. The summed E-state index contributed by atoms with van der Waals surface area (Å²) in [5.41, 5.74) is 0.696.